The first kappa shape index (κ1) is 13.9. The molecule has 3 aromatic heterocycles. The van der Waals surface area contributed by atoms with Gasteiger partial charge in [0, 0.05) is 26.8 Å². The van der Waals surface area contributed by atoms with E-state index >= 15 is 0 Å². The molecule has 0 saturated carbocycles. The summed E-state index contributed by atoms with van der Waals surface area (Å²) in [6.07, 6.45) is 3.96. The maximum atomic E-state index is 4.75. The summed E-state index contributed by atoms with van der Waals surface area (Å²) >= 11 is 0. The largest absolute Gasteiger partial charge is 0.360 e. The molecule has 0 amide bonds. The predicted octanol–water partition coefficient (Wildman–Crippen LogP) is 1.82. The second-order valence-electron chi connectivity index (χ2n) is 5.78. The first-order chi connectivity index (χ1) is 11.2. The molecule has 1 fully saturated rings. The predicted molar refractivity (Wildman–Crippen MR) is 85.3 cm³/mol. The molecule has 8 nitrogen and oxygen atoms in total. The number of hydrogen-bond donors (Lipinski definition) is 0. The normalized spacial score (nSPS) is 17.8. The minimum absolute atomic E-state index is 0.196. The van der Waals surface area contributed by atoms with Crippen LogP contribution in [0.4, 0.5) is 11.6 Å². The van der Waals surface area contributed by atoms with Gasteiger partial charge in [-0.2, -0.15) is 0 Å². The fourth-order valence-corrected chi connectivity index (χ4v) is 3.01. The van der Waals surface area contributed by atoms with Crippen LogP contribution in [-0.4, -0.2) is 45.9 Å². The summed E-state index contributed by atoms with van der Waals surface area (Å²) in [7, 11) is 3.89. The molecule has 1 aliphatic heterocycles. The minimum atomic E-state index is 0.196. The van der Waals surface area contributed by atoms with Crippen LogP contribution in [0.15, 0.2) is 29.0 Å². The molecule has 0 N–H and O–H groups in total. The Balaban J connectivity index is 1.82. The van der Waals surface area contributed by atoms with Crippen molar-refractivity contribution in [2.75, 3.05) is 30.4 Å². The maximum absolute atomic E-state index is 4.75. The Bertz CT molecular complexity index is 817. The lowest BCUT2D eigenvalue weighted by atomic mass is 10.1. The average Bonchev–Trinajstić information content (AvgIpc) is 3.23. The van der Waals surface area contributed by atoms with Crippen LogP contribution in [0.5, 0.6) is 0 Å². The van der Waals surface area contributed by atoms with E-state index in [4.69, 9.17) is 4.63 Å². The van der Waals surface area contributed by atoms with E-state index < -0.39 is 0 Å². The lowest BCUT2D eigenvalue weighted by molar-refractivity contribution is 0.314. The Morgan fingerprint density at radius 3 is 2.74 bits per heavy atom. The highest BCUT2D eigenvalue weighted by molar-refractivity contribution is 5.74. The van der Waals surface area contributed by atoms with Crippen molar-refractivity contribution in [1.82, 2.24) is 25.3 Å². The Kier molecular flexibility index (Phi) is 3.29. The zero-order valence-electron chi connectivity index (χ0n) is 13.0. The van der Waals surface area contributed by atoms with Crippen molar-refractivity contribution in [2.24, 2.45) is 0 Å². The second kappa shape index (κ2) is 5.45. The molecule has 3 aromatic rings. The van der Waals surface area contributed by atoms with Crippen LogP contribution in [0.1, 0.15) is 24.6 Å². The molecule has 4 heterocycles. The molecule has 0 aliphatic carbocycles. The highest BCUT2D eigenvalue weighted by Crippen LogP contribution is 2.38. The summed E-state index contributed by atoms with van der Waals surface area (Å²) in [5, 5.41) is 7.62. The molecule has 118 valence electrons. The lowest BCUT2D eigenvalue weighted by Crippen LogP contribution is -2.27. The van der Waals surface area contributed by atoms with Gasteiger partial charge in [0.05, 0.1) is 11.7 Å². The van der Waals surface area contributed by atoms with Crippen molar-refractivity contribution in [1.29, 1.82) is 0 Å². The van der Waals surface area contributed by atoms with E-state index in [0.29, 0.717) is 11.3 Å². The highest BCUT2D eigenvalue weighted by Gasteiger charge is 2.31. The number of hydrogen-bond acceptors (Lipinski definition) is 8. The van der Waals surface area contributed by atoms with Gasteiger partial charge in [0.1, 0.15) is 0 Å². The Labute approximate surface area is 133 Å². The third kappa shape index (κ3) is 2.36. The van der Waals surface area contributed by atoms with Gasteiger partial charge < -0.3 is 9.80 Å². The first-order valence-electron chi connectivity index (χ1n) is 7.59. The zero-order valence-corrected chi connectivity index (χ0v) is 13.0. The van der Waals surface area contributed by atoms with E-state index in [0.717, 1.165) is 36.7 Å². The van der Waals surface area contributed by atoms with Crippen LogP contribution in [0, 0.1) is 0 Å². The lowest BCUT2D eigenvalue weighted by Gasteiger charge is -2.28. The van der Waals surface area contributed by atoms with Crippen molar-refractivity contribution >= 4 is 22.9 Å². The fraction of sp³-hybridized carbons (Fsp3) is 0.400. The van der Waals surface area contributed by atoms with Gasteiger partial charge in [-0.1, -0.05) is 6.07 Å². The van der Waals surface area contributed by atoms with Crippen molar-refractivity contribution < 1.29 is 4.63 Å². The second-order valence-corrected chi connectivity index (χ2v) is 5.78. The zero-order chi connectivity index (χ0) is 15.8. The maximum Gasteiger partial charge on any atom is 0.245 e. The Morgan fingerprint density at radius 2 is 2.00 bits per heavy atom. The van der Waals surface area contributed by atoms with E-state index in [-0.39, 0.29) is 6.04 Å². The average molecular weight is 311 g/mol. The Hall–Kier alpha value is -2.77. The van der Waals surface area contributed by atoms with Gasteiger partial charge in [-0.05, 0) is 35.3 Å². The van der Waals surface area contributed by atoms with Crippen LogP contribution in [-0.2, 0) is 0 Å². The van der Waals surface area contributed by atoms with Gasteiger partial charge in [0.15, 0.2) is 11.6 Å². The van der Waals surface area contributed by atoms with Crippen molar-refractivity contribution in [2.45, 2.75) is 18.9 Å². The molecule has 0 radical (unpaired) electrons. The third-order valence-corrected chi connectivity index (χ3v) is 4.06. The minimum Gasteiger partial charge on any atom is -0.360 e. The van der Waals surface area contributed by atoms with Crippen LogP contribution < -0.4 is 9.80 Å². The van der Waals surface area contributed by atoms with Gasteiger partial charge in [0.25, 0.3) is 0 Å². The highest BCUT2D eigenvalue weighted by atomic mass is 16.6. The van der Waals surface area contributed by atoms with Crippen LogP contribution in [0.3, 0.4) is 0 Å². The molecule has 23 heavy (non-hydrogen) atoms. The molecule has 0 bridgehead atoms. The molecule has 0 spiro atoms. The van der Waals surface area contributed by atoms with Gasteiger partial charge in [-0.3, -0.25) is 4.98 Å². The molecular formula is C15H17N7O. The van der Waals surface area contributed by atoms with E-state index in [1.54, 1.807) is 0 Å². The van der Waals surface area contributed by atoms with Crippen molar-refractivity contribution in [3.8, 4) is 0 Å². The molecule has 1 aliphatic rings. The molecule has 4 rings (SSSR count). The summed E-state index contributed by atoms with van der Waals surface area (Å²) in [6.45, 7) is 0.910. The SMILES string of the molecule is CN(C)c1nc2nonc2nc1N1CCC[C@@H]1c1ccccn1. The quantitative estimate of drug-likeness (QED) is 0.724. The molecule has 0 aromatic carbocycles. The summed E-state index contributed by atoms with van der Waals surface area (Å²) in [6, 6.07) is 6.20. The van der Waals surface area contributed by atoms with Gasteiger partial charge in [-0.25, -0.2) is 14.6 Å². The van der Waals surface area contributed by atoms with E-state index in [1.165, 1.54) is 0 Å². The van der Waals surface area contributed by atoms with Gasteiger partial charge in [-0.15, -0.1) is 0 Å². The number of aromatic nitrogens is 5. The summed E-state index contributed by atoms with van der Waals surface area (Å²) in [5.41, 5.74) is 1.90. The molecule has 8 heteroatoms. The van der Waals surface area contributed by atoms with Gasteiger partial charge in [0.2, 0.25) is 11.3 Å². The van der Waals surface area contributed by atoms with E-state index in [9.17, 15) is 0 Å². The Morgan fingerprint density at radius 1 is 1.17 bits per heavy atom. The van der Waals surface area contributed by atoms with E-state index in [2.05, 4.69) is 36.2 Å². The summed E-state index contributed by atoms with van der Waals surface area (Å²) in [4.78, 5) is 17.9. The van der Waals surface area contributed by atoms with Crippen molar-refractivity contribution in [3.63, 3.8) is 0 Å². The van der Waals surface area contributed by atoms with Gasteiger partial charge >= 0.3 is 0 Å². The molecule has 1 atom stereocenters. The van der Waals surface area contributed by atoms with Crippen LogP contribution in [0.2, 0.25) is 0 Å². The van der Waals surface area contributed by atoms with E-state index in [1.807, 2.05) is 37.3 Å². The fourth-order valence-electron chi connectivity index (χ4n) is 3.01. The number of nitrogens with zero attached hydrogens (tertiary/aromatic N) is 7. The third-order valence-electron chi connectivity index (χ3n) is 4.06. The molecule has 0 unspecified atom stereocenters. The monoisotopic (exact) mass is 311 g/mol. The topological polar surface area (TPSA) is 84.1 Å². The number of pyridine rings is 1. The molecular weight excluding hydrogens is 294 g/mol. The number of fused-ring (bicyclic) bond motifs is 1. The van der Waals surface area contributed by atoms with Crippen LogP contribution in [0.25, 0.3) is 11.3 Å². The molecule has 1 saturated heterocycles. The standard InChI is InChI=1S/C15H17N7O/c1-21(2)14-15(18-13-12(17-14)19-23-20-13)22-9-5-7-11(22)10-6-3-4-8-16-10/h3-4,6,8,11H,5,7,9H2,1-2H3/t11-/m1/s1. The number of anilines is 2. The first-order valence-corrected chi connectivity index (χ1v) is 7.59. The van der Waals surface area contributed by atoms with Crippen LogP contribution >= 0.6 is 0 Å². The summed E-state index contributed by atoms with van der Waals surface area (Å²) in [5.74, 6) is 1.56. The van der Waals surface area contributed by atoms with Crippen molar-refractivity contribution in [3.05, 3.63) is 30.1 Å². The number of rotatable bonds is 3. The smallest absolute Gasteiger partial charge is 0.245 e. The summed E-state index contributed by atoms with van der Waals surface area (Å²) < 4.78 is 4.75.